The minimum Gasteiger partial charge on any atom is -0.387 e. The fraction of sp³-hybridized carbons (Fsp3) is 0.667. The van der Waals surface area contributed by atoms with Crippen molar-refractivity contribution >= 4 is 0 Å². The highest BCUT2D eigenvalue weighted by molar-refractivity contribution is 5.24. The number of hydrogen-bond donors (Lipinski definition) is 2. The van der Waals surface area contributed by atoms with Crippen molar-refractivity contribution in [1.82, 2.24) is 5.32 Å². The van der Waals surface area contributed by atoms with Crippen LogP contribution in [0.2, 0.25) is 0 Å². The van der Waals surface area contributed by atoms with E-state index in [1.807, 2.05) is 0 Å². The van der Waals surface area contributed by atoms with Crippen molar-refractivity contribution in [2.45, 2.75) is 53.1 Å². The number of nitrogens with one attached hydrogen (secondary N) is 1. The van der Waals surface area contributed by atoms with Crippen molar-refractivity contribution in [3.05, 3.63) is 35.4 Å². The van der Waals surface area contributed by atoms with E-state index in [2.05, 4.69) is 57.3 Å². The lowest BCUT2D eigenvalue weighted by molar-refractivity contribution is 0.174. The molecule has 0 fully saturated rings. The lowest BCUT2D eigenvalue weighted by atomic mass is 10.0. The van der Waals surface area contributed by atoms with Crippen LogP contribution in [0.3, 0.4) is 0 Å². The predicted octanol–water partition coefficient (Wildman–Crippen LogP) is 3.94. The summed E-state index contributed by atoms with van der Waals surface area (Å²) in [7, 11) is 0. The Morgan fingerprint density at radius 1 is 1.00 bits per heavy atom. The molecule has 0 aromatic heterocycles. The number of aliphatic hydroxyl groups is 1. The van der Waals surface area contributed by atoms with Gasteiger partial charge < -0.3 is 10.4 Å². The van der Waals surface area contributed by atoms with E-state index in [-0.39, 0.29) is 0 Å². The molecule has 1 aromatic rings. The van der Waals surface area contributed by atoms with Gasteiger partial charge in [-0.05, 0) is 48.8 Å². The topological polar surface area (TPSA) is 32.3 Å². The van der Waals surface area contributed by atoms with Crippen LogP contribution in [0.1, 0.15) is 57.8 Å². The van der Waals surface area contributed by atoms with Gasteiger partial charge in [0.2, 0.25) is 0 Å². The van der Waals surface area contributed by atoms with E-state index in [1.165, 1.54) is 18.4 Å². The first-order valence-corrected chi connectivity index (χ1v) is 7.96. The molecule has 1 unspecified atom stereocenters. The lowest BCUT2D eigenvalue weighted by Crippen LogP contribution is -2.22. The maximum Gasteiger partial charge on any atom is 0.0914 e. The summed E-state index contributed by atoms with van der Waals surface area (Å²) in [5.74, 6) is 1.43. The third kappa shape index (κ3) is 7.06. The number of hydrogen-bond acceptors (Lipinski definition) is 2. The summed E-state index contributed by atoms with van der Waals surface area (Å²) in [5.41, 5.74) is 2.36. The summed E-state index contributed by atoms with van der Waals surface area (Å²) < 4.78 is 0. The van der Waals surface area contributed by atoms with Crippen LogP contribution in [0.15, 0.2) is 24.3 Å². The van der Waals surface area contributed by atoms with Gasteiger partial charge in [0.1, 0.15) is 0 Å². The average Bonchev–Trinajstić information content (AvgIpc) is 2.38. The maximum atomic E-state index is 10.1. The third-order valence-electron chi connectivity index (χ3n) is 3.48. The molecule has 0 aliphatic rings. The van der Waals surface area contributed by atoms with E-state index in [4.69, 9.17) is 0 Å². The van der Waals surface area contributed by atoms with E-state index in [1.54, 1.807) is 0 Å². The standard InChI is InChI=1S/C18H31NO/c1-14(2)6-5-11-19-13-18(20)17-9-7-16(8-10-17)12-15(3)4/h7-10,14-15,18-20H,5-6,11-13H2,1-4H3. The largest absolute Gasteiger partial charge is 0.387 e. The SMILES string of the molecule is CC(C)CCCNCC(O)c1ccc(CC(C)C)cc1. The molecule has 0 saturated heterocycles. The first-order valence-electron chi connectivity index (χ1n) is 7.96. The van der Waals surface area contributed by atoms with Crippen LogP contribution in [-0.4, -0.2) is 18.2 Å². The zero-order chi connectivity index (χ0) is 15.0. The number of aliphatic hydroxyl groups excluding tert-OH is 1. The van der Waals surface area contributed by atoms with Gasteiger partial charge >= 0.3 is 0 Å². The van der Waals surface area contributed by atoms with Gasteiger partial charge in [-0.15, -0.1) is 0 Å². The Hall–Kier alpha value is -0.860. The molecule has 0 amide bonds. The number of benzene rings is 1. The summed E-state index contributed by atoms with van der Waals surface area (Å²) >= 11 is 0. The molecule has 0 aliphatic heterocycles. The van der Waals surface area contributed by atoms with Crippen LogP contribution in [0, 0.1) is 11.8 Å². The zero-order valence-corrected chi connectivity index (χ0v) is 13.5. The minimum atomic E-state index is -0.401. The van der Waals surface area contributed by atoms with Crippen molar-refractivity contribution in [2.75, 3.05) is 13.1 Å². The van der Waals surface area contributed by atoms with Gasteiger partial charge in [-0.2, -0.15) is 0 Å². The van der Waals surface area contributed by atoms with Gasteiger partial charge in [-0.3, -0.25) is 0 Å². The highest BCUT2D eigenvalue weighted by atomic mass is 16.3. The molecule has 2 nitrogen and oxygen atoms in total. The van der Waals surface area contributed by atoms with E-state index < -0.39 is 6.10 Å². The molecule has 20 heavy (non-hydrogen) atoms. The smallest absolute Gasteiger partial charge is 0.0914 e. The molecule has 1 aromatic carbocycles. The summed E-state index contributed by atoms with van der Waals surface area (Å²) in [6.07, 6.45) is 3.12. The second kappa shape index (κ2) is 9.15. The molecular weight excluding hydrogens is 246 g/mol. The molecule has 0 heterocycles. The van der Waals surface area contributed by atoms with Gasteiger partial charge in [-0.25, -0.2) is 0 Å². The van der Waals surface area contributed by atoms with Crippen molar-refractivity contribution in [1.29, 1.82) is 0 Å². The van der Waals surface area contributed by atoms with Crippen LogP contribution >= 0.6 is 0 Å². The zero-order valence-electron chi connectivity index (χ0n) is 13.5. The predicted molar refractivity (Wildman–Crippen MR) is 86.9 cm³/mol. The Bertz CT molecular complexity index is 356. The molecule has 114 valence electrons. The van der Waals surface area contributed by atoms with Crippen molar-refractivity contribution < 1.29 is 5.11 Å². The summed E-state index contributed by atoms with van der Waals surface area (Å²) in [6.45, 7) is 10.6. The Balaban J connectivity index is 2.30. The van der Waals surface area contributed by atoms with E-state index >= 15 is 0 Å². The van der Waals surface area contributed by atoms with Crippen LogP contribution in [0.5, 0.6) is 0 Å². The molecule has 2 heteroatoms. The quantitative estimate of drug-likeness (QED) is 0.670. The molecule has 0 spiro atoms. The number of rotatable bonds is 9. The van der Waals surface area contributed by atoms with Gasteiger partial charge in [-0.1, -0.05) is 52.0 Å². The summed E-state index contributed by atoms with van der Waals surface area (Å²) in [5, 5.41) is 13.5. The van der Waals surface area contributed by atoms with Gasteiger partial charge in [0.05, 0.1) is 6.10 Å². The fourth-order valence-electron chi connectivity index (χ4n) is 2.34. The van der Waals surface area contributed by atoms with Crippen LogP contribution in [-0.2, 0) is 6.42 Å². The van der Waals surface area contributed by atoms with Crippen molar-refractivity contribution in [3.63, 3.8) is 0 Å². The first-order chi connectivity index (χ1) is 9.49. The molecule has 2 N–H and O–H groups in total. The molecule has 1 rings (SSSR count). The van der Waals surface area contributed by atoms with Gasteiger partial charge in [0.15, 0.2) is 0 Å². The third-order valence-corrected chi connectivity index (χ3v) is 3.48. The van der Waals surface area contributed by atoms with Crippen molar-refractivity contribution in [3.8, 4) is 0 Å². The molecular formula is C18H31NO. The molecule has 0 aliphatic carbocycles. The van der Waals surface area contributed by atoms with Gasteiger partial charge in [0.25, 0.3) is 0 Å². The Labute approximate surface area is 124 Å². The van der Waals surface area contributed by atoms with E-state index in [0.29, 0.717) is 12.5 Å². The van der Waals surface area contributed by atoms with E-state index in [0.717, 1.165) is 24.4 Å². The maximum absolute atomic E-state index is 10.1. The molecule has 0 radical (unpaired) electrons. The Morgan fingerprint density at radius 2 is 1.65 bits per heavy atom. The Morgan fingerprint density at radius 3 is 2.20 bits per heavy atom. The van der Waals surface area contributed by atoms with E-state index in [9.17, 15) is 5.11 Å². The van der Waals surface area contributed by atoms with Crippen LogP contribution in [0.25, 0.3) is 0 Å². The molecule has 0 saturated carbocycles. The second-order valence-corrected chi connectivity index (χ2v) is 6.60. The van der Waals surface area contributed by atoms with Gasteiger partial charge in [0, 0.05) is 6.54 Å². The molecule has 0 bridgehead atoms. The summed E-state index contributed by atoms with van der Waals surface area (Å²) in [4.78, 5) is 0. The molecule has 1 atom stereocenters. The Kier molecular flexibility index (Phi) is 7.86. The highest BCUT2D eigenvalue weighted by Gasteiger charge is 2.07. The second-order valence-electron chi connectivity index (χ2n) is 6.60. The lowest BCUT2D eigenvalue weighted by Gasteiger charge is -2.13. The summed E-state index contributed by atoms with van der Waals surface area (Å²) in [6, 6.07) is 8.38. The average molecular weight is 277 g/mol. The highest BCUT2D eigenvalue weighted by Crippen LogP contribution is 2.15. The first kappa shape index (κ1) is 17.2. The minimum absolute atomic E-state index is 0.401. The monoisotopic (exact) mass is 277 g/mol. The fourth-order valence-corrected chi connectivity index (χ4v) is 2.34. The van der Waals surface area contributed by atoms with Crippen LogP contribution < -0.4 is 5.32 Å². The van der Waals surface area contributed by atoms with Crippen molar-refractivity contribution in [2.24, 2.45) is 11.8 Å². The van der Waals surface area contributed by atoms with Crippen LogP contribution in [0.4, 0.5) is 0 Å². The normalized spacial score (nSPS) is 13.2.